The fraction of sp³-hybridized carbons (Fsp3) is 0.0667. The summed E-state index contributed by atoms with van der Waals surface area (Å²) < 4.78 is 0. The lowest BCUT2D eigenvalue weighted by Crippen LogP contribution is -1.88. The van der Waals surface area contributed by atoms with E-state index in [1.165, 1.54) is 5.56 Å². The van der Waals surface area contributed by atoms with E-state index in [-0.39, 0.29) is 6.15 Å². The predicted molar refractivity (Wildman–Crippen MR) is 80.6 cm³/mol. The van der Waals surface area contributed by atoms with Gasteiger partial charge in [0.15, 0.2) is 5.16 Å². The van der Waals surface area contributed by atoms with Crippen molar-refractivity contribution in [3.8, 4) is 0 Å². The van der Waals surface area contributed by atoms with E-state index in [0.29, 0.717) is 0 Å². The molecule has 0 aliphatic rings. The molecule has 3 rings (SSSR count). The molecule has 1 heterocycles. The van der Waals surface area contributed by atoms with Gasteiger partial charge in [0, 0.05) is 17.3 Å². The van der Waals surface area contributed by atoms with Crippen LogP contribution in [0.2, 0.25) is 0 Å². The highest BCUT2D eigenvalue weighted by atomic mass is 32.2. The zero-order valence-electron chi connectivity index (χ0n) is 10.5. The van der Waals surface area contributed by atoms with Crippen LogP contribution < -0.4 is 6.15 Å². The molecule has 0 bridgehead atoms. The maximum Gasteiger partial charge on any atom is 0.188 e. The fourth-order valence-electron chi connectivity index (χ4n) is 1.75. The number of nitrogens with zero attached hydrogens (tertiary/aromatic N) is 2. The molecular weight excluding hydrogens is 254 g/mol. The van der Waals surface area contributed by atoms with E-state index < -0.39 is 0 Å². The van der Waals surface area contributed by atoms with Gasteiger partial charge >= 0.3 is 0 Å². The topological polar surface area (TPSA) is 60.8 Å². The number of thioether (sulfide) groups is 1. The molecular formula is C15H15N3S. The summed E-state index contributed by atoms with van der Waals surface area (Å²) in [5.74, 6) is 0.902. The lowest BCUT2D eigenvalue weighted by molar-refractivity contribution is 1.00. The van der Waals surface area contributed by atoms with Crippen LogP contribution in [-0.2, 0) is 5.75 Å². The Hall–Kier alpha value is -1.91. The Morgan fingerprint density at radius 1 is 0.895 bits per heavy atom. The standard InChI is InChI=1S/C15H12N2S.H3N/c1-2-6-12(7-3-1)11-18-15-16-10-13-8-4-5-9-14(13)17-15;/h1-10H,11H2;1H3. The number of rotatable bonds is 3. The maximum atomic E-state index is 4.54. The van der Waals surface area contributed by atoms with Gasteiger partial charge in [-0.15, -0.1) is 0 Å². The zero-order valence-corrected chi connectivity index (χ0v) is 11.3. The third-order valence-electron chi connectivity index (χ3n) is 2.68. The van der Waals surface area contributed by atoms with Crippen LogP contribution in [0.4, 0.5) is 0 Å². The van der Waals surface area contributed by atoms with Crippen molar-refractivity contribution in [2.75, 3.05) is 0 Å². The molecule has 19 heavy (non-hydrogen) atoms. The van der Waals surface area contributed by atoms with Crippen molar-refractivity contribution >= 4 is 22.7 Å². The molecule has 2 aromatic carbocycles. The van der Waals surface area contributed by atoms with Crippen molar-refractivity contribution in [3.05, 3.63) is 66.4 Å². The van der Waals surface area contributed by atoms with Crippen LogP contribution in [0.3, 0.4) is 0 Å². The molecule has 0 amide bonds. The smallest absolute Gasteiger partial charge is 0.188 e. The van der Waals surface area contributed by atoms with Gasteiger partial charge in [0.05, 0.1) is 5.52 Å². The van der Waals surface area contributed by atoms with Crippen LogP contribution in [0, 0.1) is 0 Å². The summed E-state index contributed by atoms with van der Waals surface area (Å²) in [5.41, 5.74) is 2.29. The van der Waals surface area contributed by atoms with Crippen molar-refractivity contribution in [3.63, 3.8) is 0 Å². The molecule has 0 radical (unpaired) electrons. The third-order valence-corrected chi connectivity index (χ3v) is 3.61. The molecule has 4 heteroatoms. The Morgan fingerprint density at radius 3 is 2.47 bits per heavy atom. The number of fused-ring (bicyclic) bond motifs is 1. The Labute approximate surface area is 116 Å². The molecule has 0 atom stereocenters. The van der Waals surface area contributed by atoms with Gasteiger partial charge in [-0.05, 0) is 11.6 Å². The number of benzene rings is 2. The van der Waals surface area contributed by atoms with Crippen molar-refractivity contribution in [1.82, 2.24) is 16.1 Å². The van der Waals surface area contributed by atoms with Crippen LogP contribution in [0.1, 0.15) is 5.56 Å². The molecule has 3 aromatic rings. The van der Waals surface area contributed by atoms with Crippen molar-refractivity contribution in [1.29, 1.82) is 0 Å². The van der Waals surface area contributed by atoms with Gasteiger partial charge in [0.2, 0.25) is 0 Å². The lowest BCUT2D eigenvalue weighted by Gasteiger charge is -2.02. The predicted octanol–water partition coefficient (Wildman–Crippen LogP) is 4.08. The first kappa shape index (κ1) is 13.5. The molecule has 0 saturated carbocycles. The second-order valence-corrected chi connectivity index (χ2v) is 4.93. The lowest BCUT2D eigenvalue weighted by atomic mass is 10.2. The highest BCUT2D eigenvalue weighted by Gasteiger charge is 2.00. The van der Waals surface area contributed by atoms with E-state index in [1.54, 1.807) is 11.8 Å². The van der Waals surface area contributed by atoms with Gasteiger partial charge in [-0.3, -0.25) is 0 Å². The maximum absolute atomic E-state index is 4.54. The van der Waals surface area contributed by atoms with E-state index in [4.69, 9.17) is 0 Å². The molecule has 0 aliphatic carbocycles. The van der Waals surface area contributed by atoms with Crippen LogP contribution in [-0.4, -0.2) is 9.97 Å². The minimum absolute atomic E-state index is 0. The third kappa shape index (κ3) is 3.30. The summed E-state index contributed by atoms with van der Waals surface area (Å²) in [7, 11) is 0. The van der Waals surface area contributed by atoms with E-state index in [2.05, 4.69) is 34.2 Å². The molecule has 96 valence electrons. The summed E-state index contributed by atoms with van der Waals surface area (Å²) in [5, 5.41) is 1.92. The zero-order chi connectivity index (χ0) is 12.2. The van der Waals surface area contributed by atoms with Crippen LogP contribution in [0.5, 0.6) is 0 Å². The Kier molecular flexibility index (Phi) is 4.49. The second-order valence-electron chi connectivity index (χ2n) is 3.99. The van der Waals surface area contributed by atoms with Gasteiger partial charge < -0.3 is 6.15 Å². The first-order chi connectivity index (χ1) is 8.92. The van der Waals surface area contributed by atoms with Crippen LogP contribution >= 0.6 is 11.8 Å². The average molecular weight is 269 g/mol. The number of para-hydroxylation sites is 1. The summed E-state index contributed by atoms with van der Waals surface area (Å²) in [4.78, 5) is 8.92. The monoisotopic (exact) mass is 269 g/mol. The Morgan fingerprint density at radius 2 is 1.63 bits per heavy atom. The van der Waals surface area contributed by atoms with Gasteiger partial charge in [0.25, 0.3) is 0 Å². The normalized spacial score (nSPS) is 10.1. The second kappa shape index (κ2) is 6.31. The molecule has 0 unspecified atom stereocenters. The van der Waals surface area contributed by atoms with E-state index in [1.807, 2.05) is 36.5 Å². The van der Waals surface area contributed by atoms with Gasteiger partial charge in [-0.25, -0.2) is 9.97 Å². The van der Waals surface area contributed by atoms with Gasteiger partial charge in [-0.2, -0.15) is 0 Å². The van der Waals surface area contributed by atoms with Crippen molar-refractivity contribution < 1.29 is 0 Å². The minimum Gasteiger partial charge on any atom is -0.344 e. The number of hydrogen-bond acceptors (Lipinski definition) is 4. The molecule has 0 saturated heterocycles. The van der Waals surface area contributed by atoms with E-state index >= 15 is 0 Å². The Balaban J connectivity index is 0.00000133. The van der Waals surface area contributed by atoms with Crippen LogP contribution in [0.25, 0.3) is 10.9 Å². The number of hydrogen-bond donors (Lipinski definition) is 1. The largest absolute Gasteiger partial charge is 0.344 e. The highest BCUT2D eigenvalue weighted by Crippen LogP contribution is 2.20. The fourth-order valence-corrected chi connectivity index (χ4v) is 2.53. The van der Waals surface area contributed by atoms with Gasteiger partial charge in [-0.1, -0.05) is 60.3 Å². The van der Waals surface area contributed by atoms with E-state index in [0.717, 1.165) is 21.8 Å². The minimum atomic E-state index is 0. The first-order valence-corrected chi connectivity index (χ1v) is 6.79. The summed E-state index contributed by atoms with van der Waals surface area (Å²) in [6.45, 7) is 0. The summed E-state index contributed by atoms with van der Waals surface area (Å²) in [6, 6.07) is 18.4. The molecule has 3 nitrogen and oxygen atoms in total. The van der Waals surface area contributed by atoms with Crippen LogP contribution in [0.15, 0.2) is 66.0 Å². The molecule has 3 N–H and O–H groups in total. The summed E-state index contributed by atoms with van der Waals surface area (Å²) in [6.07, 6.45) is 1.88. The van der Waals surface area contributed by atoms with Crippen molar-refractivity contribution in [2.24, 2.45) is 0 Å². The first-order valence-electron chi connectivity index (χ1n) is 5.80. The molecule has 0 aliphatic heterocycles. The highest BCUT2D eigenvalue weighted by molar-refractivity contribution is 7.98. The average Bonchev–Trinajstić information content (AvgIpc) is 2.46. The van der Waals surface area contributed by atoms with Gasteiger partial charge in [0.1, 0.15) is 0 Å². The molecule has 0 fully saturated rings. The summed E-state index contributed by atoms with van der Waals surface area (Å²) >= 11 is 1.67. The molecule has 0 spiro atoms. The van der Waals surface area contributed by atoms with Crippen molar-refractivity contribution in [2.45, 2.75) is 10.9 Å². The quantitative estimate of drug-likeness (QED) is 0.575. The van der Waals surface area contributed by atoms with E-state index in [9.17, 15) is 0 Å². The Bertz CT molecular complexity index is 656. The molecule has 1 aromatic heterocycles. The number of aromatic nitrogens is 2. The SMILES string of the molecule is N.c1ccc(CSc2ncc3ccccc3n2)cc1.